The molecule has 150 valence electrons. The molecular formula is C21H15N3O5S. The van der Waals surface area contributed by atoms with Crippen molar-refractivity contribution >= 4 is 33.0 Å². The molecule has 0 bridgehead atoms. The van der Waals surface area contributed by atoms with E-state index in [9.17, 15) is 23.3 Å². The molecule has 0 atom stereocenters. The number of nitrogens with one attached hydrogen (secondary N) is 2. The van der Waals surface area contributed by atoms with Crippen molar-refractivity contribution in [1.29, 1.82) is 0 Å². The first-order valence-corrected chi connectivity index (χ1v) is 10.0. The molecular weight excluding hydrogens is 406 g/mol. The van der Waals surface area contributed by atoms with Gasteiger partial charge in [0, 0.05) is 23.4 Å². The second-order valence-corrected chi connectivity index (χ2v) is 7.77. The van der Waals surface area contributed by atoms with E-state index >= 15 is 0 Å². The molecule has 3 rings (SSSR count). The van der Waals surface area contributed by atoms with Crippen molar-refractivity contribution in [3.8, 4) is 12.3 Å². The van der Waals surface area contributed by atoms with Gasteiger partial charge in [-0.1, -0.05) is 30.2 Å². The molecule has 0 aliphatic heterocycles. The lowest BCUT2D eigenvalue weighted by Crippen LogP contribution is -2.18. The Morgan fingerprint density at radius 2 is 1.73 bits per heavy atom. The third-order valence-corrected chi connectivity index (χ3v) is 5.41. The van der Waals surface area contributed by atoms with Crippen molar-refractivity contribution in [2.45, 2.75) is 4.90 Å². The number of hydrogen-bond acceptors (Lipinski definition) is 5. The van der Waals surface area contributed by atoms with E-state index in [1.54, 1.807) is 36.4 Å². The van der Waals surface area contributed by atoms with Crippen LogP contribution in [0.1, 0.15) is 15.9 Å². The van der Waals surface area contributed by atoms with Crippen LogP contribution in [-0.2, 0) is 10.0 Å². The van der Waals surface area contributed by atoms with E-state index in [0.717, 1.165) is 6.07 Å². The monoisotopic (exact) mass is 421 g/mol. The number of para-hydroxylation sites is 1. The zero-order valence-electron chi connectivity index (χ0n) is 15.4. The Morgan fingerprint density at radius 1 is 1.00 bits per heavy atom. The minimum absolute atomic E-state index is 0.0228. The minimum Gasteiger partial charge on any atom is -0.322 e. The fourth-order valence-corrected chi connectivity index (χ4v) is 3.74. The van der Waals surface area contributed by atoms with Crippen LogP contribution < -0.4 is 10.0 Å². The summed E-state index contributed by atoms with van der Waals surface area (Å²) < 4.78 is 27.7. The normalized spacial score (nSPS) is 10.6. The second kappa shape index (κ2) is 8.46. The predicted molar refractivity (Wildman–Crippen MR) is 113 cm³/mol. The maximum Gasteiger partial charge on any atom is 0.270 e. The van der Waals surface area contributed by atoms with E-state index in [0.29, 0.717) is 11.3 Å². The summed E-state index contributed by atoms with van der Waals surface area (Å²) >= 11 is 0. The Balaban J connectivity index is 1.89. The van der Waals surface area contributed by atoms with Crippen molar-refractivity contribution in [2.24, 2.45) is 0 Å². The molecule has 3 aromatic rings. The summed E-state index contributed by atoms with van der Waals surface area (Å²) in [4.78, 5) is 22.7. The first-order chi connectivity index (χ1) is 14.3. The predicted octanol–water partition coefficient (Wildman–Crippen LogP) is 3.63. The zero-order chi connectivity index (χ0) is 21.7. The Kier molecular flexibility index (Phi) is 5.80. The first-order valence-electron chi connectivity index (χ1n) is 8.54. The largest absolute Gasteiger partial charge is 0.322 e. The molecule has 0 saturated carbocycles. The summed E-state index contributed by atoms with van der Waals surface area (Å²) in [5.41, 5.74) is 0.753. The number of amides is 1. The van der Waals surface area contributed by atoms with E-state index in [1.165, 1.54) is 30.3 Å². The summed E-state index contributed by atoms with van der Waals surface area (Å²) in [6.07, 6.45) is 5.36. The highest BCUT2D eigenvalue weighted by molar-refractivity contribution is 7.92. The number of rotatable bonds is 6. The Morgan fingerprint density at radius 3 is 2.47 bits per heavy atom. The van der Waals surface area contributed by atoms with Crippen molar-refractivity contribution in [1.82, 2.24) is 0 Å². The fraction of sp³-hybridized carbons (Fsp3) is 0. The van der Waals surface area contributed by atoms with Crippen molar-refractivity contribution in [2.75, 3.05) is 10.0 Å². The van der Waals surface area contributed by atoms with Crippen LogP contribution in [0.3, 0.4) is 0 Å². The molecule has 0 unspecified atom stereocenters. The van der Waals surface area contributed by atoms with Crippen LogP contribution in [0.4, 0.5) is 17.1 Å². The molecule has 0 spiro atoms. The van der Waals surface area contributed by atoms with Crippen LogP contribution >= 0.6 is 0 Å². The maximum absolute atomic E-state index is 12.7. The van der Waals surface area contributed by atoms with Gasteiger partial charge in [-0.3, -0.25) is 19.6 Å². The zero-order valence-corrected chi connectivity index (χ0v) is 16.2. The van der Waals surface area contributed by atoms with Crippen LogP contribution in [0.5, 0.6) is 0 Å². The summed E-state index contributed by atoms with van der Waals surface area (Å²) in [5.74, 6) is 1.91. The molecule has 0 saturated heterocycles. The third kappa shape index (κ3) is 4.63. The lowest BCUT2D eigenvalue weighted by Gasteiger charge is -2.13. The number of nitro groups is 1. The molecule has 0 radical (unpaired) electrons. The summed E-state index contributed by atoms with van der Waals surface area (Å²) in [6, 6.07) is 17.3. The van der Waals surface area contributed by atoms with Gasteiger partial charge in [-0.25, -0.2) is 8.42 Å². The fourth-order valence-electron chi connectivity index (χ4n) is 2.62. The van der Waals surface area contributed by atoms with Crippen LogP contribution in [0.25, 0.3) is 0 Å². The number of anilines is 2. The Labute approximate surface area is 172 Å². The molecule has 0 aliphatic rings. The van der Waals surface area contributed by atoms with Gasteiger partial charge in [-0.2, -0.15) is 0 Å². The molecule has 8 nitrogen and oxygen atoms in total. The number of sulfonamides is 1. The summed E-state index contributed by atoms with van der Waals surface area (Å²) in [5, 5.41) is 13.6. The molecule has 30 heavy (non-hydrogen) atoms. The van der Waals surface area contributed by atoms with Gasteiger partial charge in [0.05, 0.1) is 21.1 Å². The van der Waals surface area contributed by atoms with Crippen LogP contribution in [-0.4, -0.2) is 19.2 Å². The van der Waals surface area contributed by atoms with Gasteiger partial charge in [0.1, 0.15) is 0 Å². The van der Waals surface area contributed by atoms with Gasteiger partial charge in [0.15, 0.2) is 0 Å². The molecule has 0 aromatic heterocycles. The van der Waals surface area contributed by atoms with E-state index in [4.69, 9.17) is 6.42 Å². The second-order valence-electron chi connectivity index (χ2n) is 6.08. The standard InChI is InChI=1S/C21H15N3O5S/c1-2-15-7-5-8-16(13-15)22-21(25)19-11-3-4-12-20(19)23-30(28,29)18-10-6-9-17(14-18)24(26)27/h1,3-14,23H,(H,22,25). The number of non-ortho nitro benzene ring substituents is 1. The van der Waals surface area contributed by atoms with Gasteiger partial charge >= 0.3 is 0 Å². The van der Waals surface area contributed by atoms with E-state index < -0.39 is 20.9 Å². The van der Waals surface area contributed by atoms with Crippen molar-refractivity contribution in [3.05, 3.63) is 94.0 Å². The highest BCUT2D eigenvalue weighted by atomic mass is 32.2. The topological polar surface area (TPSA) is 118 Å². The number of carbonyl (C=O) groups excluding carboxylic acids is 1. The van der Waals surface area contributed by atoms with Crippen molar-refractivity contribution < 1.29 is 18.1 Å². The Hall–Kier alpha value is -4.16. The number of benzene rings is 3. The summed E-state index contributed by atoms with van der Waals surface area (Å²) in [7, 11) is -4.17. The number of nitrogens with zero attached hydrogens (tertiary/aromatic N) is 1. The lowest BCUT2D eigenvalue weighted by molar-refractivity contribution is -0.385. The first kappa shape index (κ1) is 20.6. The third-order valence-electron chi connectivity index (χ3n) is 4.04. The quantitative estimate of drug-likeness (QED) is 0.358. The van der Waals surface area contributed by atoms with Gasteiger partial charge in [0.2, 0.25) is 0 Å². The molecule has 3 aromatic carbocycles. The lowest BCUT2D eigenvalue weighted by atomic mass is 10.1. The van der Waals surface area contributed by atoms with Gasteiger partial charge in [-0.05, 0) is 36.4 Å². The Bertz CT molecular complexity index is 1280. The number of hydrogen-bond donors (Lipinski definition) is 2. The maximum atomic E-state index is 12.7. The average Bonchev–Trinajstić information content (AvgIpc) is 2.74. The highest BCUT2D eigenvalue weighted by Gasteiger charge is 2.21. The van der Waals surface area contributed by atoms with Gasteiger partial charge in [-0.15, -0.1) is 6.42 Å². The smallest absolute Gasteiger partial charge is 0.270 e. The number of carbonyl (C=O) groups is 1. The molecule has 9 heteroatoms. The van der Waals surface area contributed by atoms with Crippen molar-refractivity contribution in [3.63, 3.8) is 0 Å². The van der Waals surface area contributed by atoms with E-state index in [2.05, 4.69) is 16.0 Å². The SMILES string of the molecule is C#Cc1cccc(NC(=O)c2ccccc2NS(=O)(=O)c2cccc([N+](=O)[O-])c2)c1. The molecule has 2 N–H and O–H groups in total. The minimum atomic E-state index is -4.17. The van der Waals surface area contributed by atoms with E-state index in [-0.39, 0.29) is 21.8 Å². The molecule has 1 amide bonds. The van der Waals surface area contributed by atoms with E-state index in [1.807, 2.05) is 0 Å². The van der Waals surface area contributed by atoms with Gasteiger partial charge < -0.3 is 5.32 Å². The molecule has 0 heterocycles. The van der Waals surface area contributed by atoms with Crippen LogP contribution in [0.2, 0.25) is 0 Å². The molecule has 0 fully saturated rings. The average molecular weight is 421 g/mol. The van der Waals surface area contributed by atoms with Gasteiger partial charge in [0.25, 0.3) is 21.6 Å². The van der Waals surface area contributed by atoms with Crippen LogP contribution in [0.15, 0.2) is 77.7 Å². The number of nitro benzene ring substituents is 1. The summed E-state index contributed by atoms with van der Waals surface area (Å²) in [6.45, 7) is 0. The van der Waals surface area contributed by atoms with Crippen LogP contribution in [0, 0.1) is 22.5 Å². The highest BCUT2D eigenvalue weighted by Crippen LogP contribution is 2.23. The number of terminal acetylenes is 1. The molecule has 0 aliphatic carbocycles.